The standard InChI is InChI=1S/C27H40N2O6/c1-7-20(21-9-11-23(12-10-21)34-25(32)35-26(2,3)4)17-22(29-14-13-28-19-29)18-27(5,6)24(31)33-16-8-15-30/h9-14,19-20,22,30H,7-8,15-18H2,1-6H3. The second kappa shape index (κ2) is 12.7. The smallest absolute Gasteiger partial charge is 0.465 e. The van der Waals surface area contributed by atoms with E-state index in [-0.39, 0.29) is 31.1 Å². The zero-order chi connectivity index (χ0) is 26.1. The highest BCUT2D eigenvalue weighted by molar-refractivity contribution is 5.75. The Labute approximate surface area is 208 Å². The number of aromatic nitrogens is 2. The second-order valence-corrected chi connectivity index (χ2v) is 10.4. The fourth-order valence-electron chi connectivity index (χ4n) is 3.94. The van der Waals surface area contributed by atoms with Crippen molar-refractivity contribution < 1.29 is 28.9 Å². The summed E-state index contributed by atoms with van der Waals surface area (Å²) in [7, 11) is 0. The van der Waals surface area contributed by atoms with E-state index in [4.69, 9.17) is 19.3 Å². The van der Waals surface area contributed by atoms with Crippen molar-refractivity contribution in [3.63, 3.8) is 0 Å². The molecule has 2 atom stereocenters. The molecule has 0 saturated heterocycles. The maximum Gasteiger partial charge on any atom is 0.514 e. The summed E-state index contributed by atoms with van der Waals surface area (Å²) < 4.78 is 17.9. The molecule has 2 aromatic rings. The molecule has 2 rings (SSSR count). The Balaban J connectivity index is 2.12. The van der Waals surface area contributed by atoms with E-state index in [1.54, 1.807) is 45.4 Å². The van der Waals surface area contributed by atoms with E-state index in [2.05, 4.69) is 11.9 Å². The number of aliphatic hydroxyl groups is 1. The molecule has 1 heterocycles. The van der Waals surface area contributed by atoms with E-state index in [1.165, 1.54) is 0 Å². The number of carbonyl (C=O) groups is 2. The zero-order valence-corrected chi connectivity index (χ0v) is 21.8. The number of hydrogen-bond acceptors (Lipinski definition) is 7. The van der Waals surface area contributed by atoms with Crippen LogP contribution in [0.5, 0.6) is 5.75 Å². The molecule has 194 valence electrons. The Bertz CT molecular complexity index is 916. The van der Waals surface area contributed by atoms with Crippen LogP contribution in [0.15, 0.2) is 43.0 Å². The van der Waals surface area contributed by atoms with Crippen LogP contribution in [0, 0.1) is 5.41 Å². The number of rotatable bonds is 12. The first kappa shape index (κ1) is 28.4. The van der Waals surface area contributed by atoms with Gasteiger partial charge in [0.2, 0.25) is 0 Å². The molecule has 0 aliphatic carbocycles. The van der Waals surface area contributed by atoms with Crippen molar-refractivity contribution in [3.8, 4) is 5.75 Å². The van der Waals surface area contributed by atoms with Crippen molar-refractivity contribution in [2.24, 2.45) is 5.41 Å². The molecule has 35 heavy (non-hydrogen) atoms. The number of nitrogens with zero attached hydrogens (tertiary/aromatic N) is 2. The molecular weight excluding hydrogens is 448 g/mol. The van der Waals surface area contributed by atoms with E-state index < -0.39 is 17.2 Å². The maximum absolute atomic E-state index is 12.7. The fourth-order valence-corrected chi connectivity index (χ4v) is 3.94. The van der Waals surface area contributed by atoms with Gasteiger partial charge in [0.25, 0.3) is 0 Å². The van der Waals surface area contributed by atoms with Crippen LogP contribution in [0.4, 0.5) is 4.79 Å². The van der Waals surface area contributed by atoms with Crippen molar-refractivity contribution in [1.82, 2.24) is 9.55 Å². The van der Waals surface area contributed by atoms with Crippen LogP contribution in [0.3, 0.4) is 0 Å². The lowest BCUT2D eigenvalue weighted by Crippen LogP contribution is -2.31. The van der Waals surface area contributed by atoms with E-state index in [1.807, 2.05) is 36.7 Å². The van der Waals surface area contributed by atoms with E-state index >= 15 is 0 Å². The molecule has 8 heteroatoms. The Kier molecular flexibility index (Phi) is 10.3. The van der Waals surface area contributed by atoms with E-state index in [0.29, 0.717) is 18.6 Å². The van der Waals surface area contributed by atoms with Crippen LogP contribution in [-0.4, -0.2) is 45.6 Å². The SMILES string of the molecule is CCC(CC(CC(C)(C)C(=O)OCCCO)n1ccnc1)c1ccc(OC(=O)OC(C)(C)C)cc1. The summed E-state index contributed by atoms with van der Waals surface area (Å²) in [5.41, 5.74) is -0.197. The van der Waals surface area contributed by atoms with Gasteiger partial charge in [0.05, 0.1) is 18.3 Å². The molecular formula is C27H40N2O6. The fraction of sp³-hybridized carbons (Fsp3) is 0.593. The molecule has 0 spiro atoms. The number of ether oxygens (including phenoxy) is 3. The summed E-state index contributed by atoms with van der Waals surface area (Å²) >= 11 is 0. The average Bonchev–Trinajstić information content (AvgIpc) is 3.31. The highest BCUT2D eigenvalue weighted by atomic mass is 16.7. The van der Waals surface area contributed by atoms with Crippen LogP contribution in [0.25, 0.3) is 0 Å². The lowest BCUT2D eigenvalue weighted by molar-refractivity contribution is -0.155. The Hall–Kier alpha value is -2.87. The van der Waals surface area contributed by atoms with Crippen LogP contribution in [0.1, 0.15) is 84.7 Å². The quantitative estimate of drug-likeness (QED) is 0.234. The Morgan fingerprint density at radius 1 is 1.11 bits per heavy atom. The minimum absolute atomic E-state index is 0.00878. The van der Waals surface area contributed by atoms with Gasteiger partial charge in [-0.05, 0) is 77.5 Å². The van der Waals surface area contributed by atoms with Crippen LogP contribution in [-0.2, 0) is 14.3 Å². The largest absolute Gasteiger partial charge is 0.514 e. The number of hydrogen-bond donors (Lipinski definition) is 1. The first-order chi connectivity index (χ1) is 16.4. The molecule has 0 fully saturated rings. The third kappa shape index (κ3) is 9.36. The molecule has 0 bridgehead atoms. The summed E-state index contributed by atoms with van der Waals surface area (Å²) in [6.07, 6.45) is 7.42. The van der Waals surface area contributed by atoms with Gasteiger partial charge < -0.3 is 23.9 Å². The van der Waals surface area contributed by atoms with Gasteiger partial charge in [-0.3, -0.25) is 4.79 Å². The molecule has 0 aliphatic rings. The van der Waals surface area contributed by atoms with Crippen molar-refractivity contribution >= 4 is 12.1 Å². The van der Waals surface area contributed by atoms with Crippen LogP contribution in [0.2, 0.25) is 0 Å². The first-order valence-electron chi connectivity index (χ1n) is 12.2. The lowest BCUT2D eigenvalue weighted by Gasteiger charge is -2.31. The maximum atomic E-state index is 12.7. The molecule has 2 unspecified atom stereocenters. The Morgan fingerprint density at radius 3 is 2.34 bits per heavy atom. The topological polar surface area (TPSA) is 99.9 Å². The third-order valence-corrected chi connectivity index (χ3v) is 5.77. The van der Waals surface area contributed by atoms with Crippen LogP contribution >= 0.6 is 0 Å². The number of imidazole rings is 1. The van der Waals surface area contributed by atoms with Crippen LogP contribution < -0.4 is 4.74 Å². The molecule has 0 saturated carbocycles. The van der Waals surface area contributed by atoms with Gasteiger partial charge in [-0.25, -0.2) is 9.78 Å². The molecule has 1 aromatic carbocycles. The molecule has 0 radical (unpaired) electrons. The van der Waals surface area contributed by atoms with Gasteiger partial charge in [0, 0.05) is 31.5 Å². The number of esters is 1. The summed E-state index contributed by atoms with van der Waals surface area (Å²) in [4.78, 5) is 28.9. The number of carbonyl (C=O) groups excluding carboxylic acids is 2. The van der Waals surface area contributed by atoms with Gasteiger partial charge in [-0.1, -0.05) is 19.1 Å². The lowest BCUT2D eigenvalue weighted by atomic mass is 9.80. The summed E-state index contributed by atoms with van der Waals surface area (Å²) in [6, 6.07) is 7.51. The van der Waals surface area contributed by atoms with Crippen molar-refractivity contribution in [2.75, 3.05) is 13.2 Å². The highest BCUT2D eigenvalue weighted by Gasteiger charge is 2.34. The zero-order valence-electron chi connectivity index (χ0n) is 21.8. The normalized spacial score (nSPS) is 13.7. The minimum atomic E-state index is -0.731. The van der Waals surface area contributed by atoms with Crippen molar-refractivity contribution in [3.05, 3.63) is 48.5 Å². The first-order valence-corrected chi connectivity index (χ1v) is 12.2. The molecule has 0 amide bonds. The summed E-state index contributed by atoms with van der Waals surface area (Å²) in [6.45, 7) is 11.5. The summed E-state index contributed by atoms with van der Waals surface area (Å²) in [5, 5.41) is 8.96. The number of aliphatic hydroxyl groups excluding tert-OH is 1. The predicted molar refractivity (Wildman–Crippen MR) is 133 cm³/mol. The van der Waals surface area contributed by atoms with Crippen molar-refractivity contribution in [1.29, 1.82) is 0 Å². The van der Waals surface area contributed by atoms with Gasteiger partial charge in [0.1, 0.15) is 11.4 Å². The number of benzene rings is 1. The van der Waals surface area contributed by atoms with Gasteiger partial charge in [0.15, 0.2) is 0 Å². The summed E-state index contributed by atoms with van der Waals surface area (Å²) in [5.74, 6) is 0.378. The van der Waals surface area contributed by atoms with E-state index in [9.17, 15) is 9.59 Å². The van der Waals surface area contributed by atoms with Crippen molar-refractivity contribution in [2.45, 2.75) is 84.8 Å². The molecule has 8 nitrogen and oxygen atoms in total. The van der Waals surface area contributed by atoms with Gasteiger partial charge >= 0.3 is 12.1 Å². The highest BCUT2D eigenvalue weighted by Crippen LogP contribution is 2.37. The van der Waals surface area contributed by atoms with Gasteiger partial charge in [-0.15, -0.1) is 0 Å². The predicted octanol–water partition coefficient (Wildman–Crippen LogP) is 5.66. The minimum Gasteiger partial charge on any atom is -0.465 e. The monoisotopic (exact) mass is 488 g/mol. The molecule has 1 N–H and O–H groups in total. The Morgan fingerprint density at radius 2 is 1.80 bits per heavy atom. The molecule has 1 aromatic heterocycles. The van der Waals surface area contributed by atoms with E-state index in [0.717, 1.165) is 18.4 Å². The average molecular weight is 489 g/mol. The third-order valence-electron chi connectivity index (χ3n) is 5.77. The van der Waals surface area contributed by atoms with Gasteiger partial charge in [-0.2, -0.15) is 0 Å². The molecule has 0 aliphatic heterocycles. The second-order valence-electron chi connectivity index (χ2n) is 10.4.